The first-order chi connectivity index (χ1) is 17.6. The van der Waals surface area contributed by atoms with Crippen molar-refractivity contribution in [3.63, 3.8) is 0 Å². The summed E-state index contributed by atoms with van der Waals surface area (Å²) in [5.41, 5.74) is 9.84. The number of hydrogen-bond acceptors (Lipinski definition) is 5. The molecule has 0 fully saturated rings. The van der Waals surface area contributed by atoms with E-state index in [9.17, 15) is 14.0 Å². The molecule has 1 aromatic heterocycles. The van der Waals surface area contributed by atoms with Gasteiger partial charge in [0.2, 0.25) is 5.95 Å². The summed E-state index contributed by atoms with van der Waals surface area (Å²) in [4.78, 5) is 33.2. The van der Waals surface area contributed by atoms with E-state index in [-0.39, 0.29) is 11.5 Å². The Kier molecular flexibility index (Phi) is 7.38. The van der Waals surface area contributed by atoms with Gasteiger partial charge in [-0.2, -0.15) is 0 Å². The maximum atomic E-state index is 13.4. The van der Waals surface area contributed by atoms with Crippen LogP contribution in [0.4, 0.5) is 10.3 Å². The van der Waals surface area contributed by atoms with E-state index in [1.54, 1.807) is 57.2 Å². The summed E-state index contributed by atoms with van der Waals surface area (Å²) in [5.74, 6) is -0.874. The van der Waals surface area contributed by atoms with Gasteiger partial charge in [-0.25, -0.2) is 14.2 Å². The van der Waals surface area contributed by atoms with Gasteiger partial charge in [0.25, 0.3) is 5.91 Å². The van der Waals surface area contributed by atoms with Gasteiger partial charge in [-0.05, 0) is 81.1 Å². The second-order valence-corrected chi connectivity index (χ2v) is 9.65. The minimum atomic E-state index is -0.614. The van der Waals surface area contributed by atoms with Crippen LogP contribution in [-0.2, 0) is 16.0 Å². The zero-order valence-electron chi connectivity index (χ0n) is 21.0. The minimum absolute atomic E-state index is 0.270. The Morgan fingerprint density at radius 1 is 0.973 bits per heavy atom. The Balaban J connectivity index is 1.61. The van der Waals surface area contributed by atoms with Crippen molar-refractivity contribution >= 4 is 34.6 Å². The smallest absolute Gasteiger partial charge is 0.338 e. The highest BCUT2D eigenvalue weighted by molar-refractivity contribution is 6.08. The summed E-state index contributed by atoms with van der Waals surface area (Å²) in [6.07, 6.45) is 0.775. The number of halogens is 1. The highest BCUT2D eigenvalue weighted by Gasteiger charge is 2.20. The lowest BCUT2D eigenvalue weighted by atomic mass is 9.98. The van der Waals surface area contributed by atoms with Crippen LogP contribution in [0.5, 0.6) is 0 Å². The number of nitrogens with zero attached hydrogens (tertiary/aromatic N) is 1. The lowest BCUT2D eigenvalue weighted by Gasteiger charge is -2.19. The highest BCUT2D eigenvalue weighted by Crippen LogP contribution is 2.22. The number of carbonyl (C=O) groups is 2. The molecule has 0 aliphatic carbocycles. The minimum Gasteiger partial charge on any atom is -0.456 e. The number of H-pyrrole nitrogens is 1. The average Bonchev–Trinajstić information content (AvgIpc) is 3.26. The van der Waals surface area contributed by atoms with Gasteiger partial charge in [0.05, 0.1) is 16.6 Å². The molecule has 4 rings (SSSR count). The van der Waals surface area contributed by atoms with E-state index in [1.165, 1.54) is 12.1 Å². The topological polar surface area (TPSA) is 110 Å². The van der Waals surface area contributed by atoms with Gasteiger partial charge in [0.15, 0.2) is 0 Å². The van der Waals surface area contributed by atoms with E-state index >= 15 is 0 Å². The third kappa shape index (κ3) is 6.61. The molecule has 0 spiro atoms. The summed E-state index contributed by atoms with van der Waals surface area (Å²) in [6, 6.07) is 20.2. The number of esters is 1. The number of para-hydroxylation sites is 2. The molecule has 0 radical (unpaired) electrons. The van der Waals surface area contributed by atoms with Crippen molar-refractivity contribution in [2.24, 2.45) is 5.73 Å². The van der Waals surface area contributed by atoms with E-state index in [4.69, 9.17) is 10.5 Å². The van der Waals surface area contributed by atoms with E-state index in [1.807, 2.05) is 24.3 Å². The number of hydrogen-bond donors (Lipinski definition) is 3. The number of imidazole rings is 1. The predicted molar refractivity (Wildman–Crippen MR) is 142 cm³/mol. The first-order valence-corrected chi connectivity index (χ1v) is 11.9. The molecule has 190 valence electrons. The summed E-state index contributed by atoms with van der Waals surface area (Å²) in [7, 11) is 0. The van der Waals surface area contributed by atoms with Crippen LogP contribution in [-0.4, -0.2) is 27.4 Å². The van der Waals surface area contributed by atoms with Crippen molar-refractivity contribution < 1.29 is 18.7 Å². The molecule has 7 nitrogen and oxygen atoms in total. The van der Waals surface area contributed by atoms with Gasteiger partial charge in [0, 0.05) is 11.3 Å². The fraction of sp³-hybridized carbons (Fsp3) is 0.207. The zero-order chi connectivity index (χ0) is 26.6. The maximum Gasteiger partial charge on any atom is 0.338 e. The number of ether oxygens (including phenoxy) is 1. The fourth-order valence-corrected chi connectivity index (χ4v) is 3.78. The highest BCUT2D eigenvalue weighted by atomic mass is 19.1. The lowest BCUT2D eigenvalue weighted by molar-refractivity contribution is -0.113. The second-order valence-electron chi connectivity index (χ2n) is 9.65. The summed E-state index contributed by atoms with van der Waals surface area (Å²) < 4.78 is 18.8. The molecular formula is C29H29FN4O3. The number of nitrogens with two attached hydrogens (primary N) is 1. The maximum absolute atomic E-state index is 13.4. The Morgan fingerprint density at radius 3 is 2.27 bits per heavy atom. The number of amides is 1. The first kappa shape index (κ1) is 25.6. The third-order valence-electron chi connectivity index (χ3n) is 5.63. The lowest BCUT2D eigenvalue weighted by Crippen LogP contribution is -2.24. The molecule has 0 aliphatic rings. The fourth-order valence-electron chi connectivity index (χ4n) is 3.78. The van der Waals surface area contributed by atoms with Gasteiger partial charge in [-0.3, -0.25) is 10.1 Å². The number of carbonyl (C=O) groups excluding carboxylic acids is 2. The standard InChI is InChI=1S/C29H29FN4O3/c1-29(2,3)37-27(36)20-13-11-19(12-14-20)25(31)22(17-10-18-8-15-21(30)16-9-18)26(35)34-28-32-23-6-4-5-7-24(23)33-28/h4-9,11-16H,10,17,31H2,1-3H3,(H2,32,33,34,35). The molecule has 0 aliphatic heterocycles. The van der Waals surface area contributed by atoms with Crippen molar-refractivity contribution in [2.75, 3.05) is 5.32 Å². The number of benzene rings is 3. The Bertz CT molecular complexity index is 1420. The van der Waals surface area contributed by atoms with Crippen LogP contribution in [0.2, 0.25) is 0 Å². The van der Waals surface area contributed by atoms with Crippen LogP contribution in [0, 0.1) is 5.82 Å². The molecule has 3 aromatic carbocycles. The Labute approximate surface area is 214 Å². The van der Waals surface area contributed by atoms with Crippen LogP contribution in [0.25, 0.3) is 16.7 Å². The van der Waals surface area contributed by atoms with Gasteiger partial charge in [0.1, 0.15) is 11.4 Å². The van der Waals surface area contributed by atoms with E-state index < -0.39 is 17.5 Å². The molecule has 37 heavy (non-hydrogen) atoms. The van der Waals surface area contributed by atoms with Crippen molar-refractivity contribution in [1.29, 1.82) is 0 Å². The Morgan fingerprint density at radius 2 is 1.62 bits per heavy atom. The molecular weight excluding hydrogens is 471 g/mol. The first-order valence-electron chi connectivity index (χ1n) is 11.9. The van der Waals surface area contributed by atoms with Crippen molar-refractivity contribution in [3.05, 3.63) is 101 Å². The monoisotopic (exact) mass is 500 g/mol. The van der Waals surface area contributed by atoms with Gasteiger partial charge >= 0.3 is 5.97 Å². The molecule has 0 bridgehead atoms. The molecule has 0 unspecified atom stereocenters. The molecule has 4 N–H and O–H groups in total. The third-order valence-corrected chi connectivity index (χ3v) is 5.63. The van der Waals surface area contributed by atoms with Crippen molar-refractivity contribution in [3.8, 4) is 0 Å². The van der Waals surface area contributed by atoms with Crippen LogP contribution in [0.3, 0.4) is 0 Å². The van der Waals surface area contributed by atoms with Crippen LogP contribution < -0.4 is 11.1 Å². The average molecular weight is 501 g/mol. The summed E-state index contributed by atoms with van der Waals surface area (Å²) in [5, 5.41) is 2.81. The van der Waals surface area contributed by atoms with Gasteiger partial charge < -0.3 is 15.5 Å². The predicted octanol–water partition coefficient (Wildman–Crippen LogP) is 5.60. The molecule has 0 atom stereocenters. The number of rotatable bonds is 7. The number of aromatic amines is 1. The quantitative estimate of drug-likeness (QED) is 0.226. The molecule has 4 aromatic rings. The van der Waals surface area contributed by atoms with E-state index in [2.05, 4.69) is 15.3 Å². The van der Waals surface area contributed by atoms with Crippen LogP contribution in [0.15, 0.2) is 78.4 Å². The molecule has 0 saturated carbocycles. The normalized spacial score (nSPS) is 12.2. The molecule has 1 amide bonds. The Hall–Kier alpha value is -4.46. The van der Waals surface area contributed by atoms with Crippen molar-refractivity contribution in [1.82, 2.24) is 9.97 Å². The molecule has 1 heterocycles. The molecule has 8 heteroatoms. The SMILES string of the molecule is CC(C)(C)OC(=O)c1ccc(C(N)=C(CCc2ccc(F)cc2)C(=O)Nc2nc3ccccc3[nH]2)cc1. The number of aromatic nitrogens is 2. The van der Waals surface area contributed by atoms with Crippen molar-refractivity contribution in [2.45, 2.75) is 39.2 Å². The number of nitrogens with one attached hydrogen (secondary N) is 2. The summed E-state index contributed by atoms with van der Waals surface area (Å²) >= 11 is 0. The van der Waals surface area contributed by atoms with Gasteiger partial charge in [-0.1, -0.05) is 36.4 Å². The second kappa shape index (κ2) is 10.7. The van der Waals surface area contributed by atoms with E-state index in [0.717, 1.165) is 16.6 Å². The van der Waals surface area contributed by atoms with E-state index in [0.29, 0.717) is 35.5 Å². The van der Waals surface area contributed by atoms with Crippen LogP contribution in [0.1, 0.15) is 48.7 Å². The number of fused-ring (bicyclic) bond motifs is 1. The zero-order valence-corrected chi connectivity index (χ0v) is 21.0. The molecule has 0 saturated heterocycles. The summed E-state index contributed by atoms with van der Waals surface area (Å²) in [6.45, 7) is 5.40. The number of aryl methyl sites for hydroxylation is 1. The van der Waals surface area contributed by atoms with Crippen LogP contribution >= 0.6 is 0 Å². The van der Waals surface area contributed by atoms with Gasteiger partial charge in [-0.15, -0.1) is 0 Å². The number of anilines is 1. The largest absolute Gasteiger partial charge is 0.456 e.